The van der Waals surface area contributed by atoms with Gasteiger partial charge in [-0.05, 0) is 36.2 Å². The number of nitrogens with two attached hydrogens (primary N) is 1. The van der Waals surface area contributed by atoms with Crippen LogP contribution >= 0.6 is 15.9 Å². The van der Waals surface area contributed by atoms with Crippen molar-refractivity contribution in [1.29, 1.82) is 0 Å². The molecule has 0 saturated heterocycles. The van der Waals surface area contributed by atoms with Gasteiger partial charge in [-0.15, -0.1) is 0 Å². The fraction of sp³-hybridized carbons (Fsp3) is 0.571. The lowest BCUT2D eigenvalue weighted by atomic mass is 10.0. The zero-order valence-corrected chi connectivity index (χ0v) is 14.6. The fourth-order valence-corrected chi connectivity index (χ4v) is 3.08. The minimum Gasteiger partial charge on any atom is -0.275 e. The van der Waals surface area contributed by atoms with Crippen LogP contribution in [0.3, 0.4) is 0 Å². The van der Waals surface area contributed by atoms with Crippen molar-refractivity contribution in [3.63, 3.8) is 0 Å². The summed E-state index contributed by atoms with van der Waals surface area (Å²) >= 11 is 3.64. The zero-order chi connectivity index (χ0) is 15.6. The van der Waals surface area contributed by atoms with Gasteiger partial charge in [0.1, 0.15) is 0 Å². The van der Waals surface area contributed by atoms with E-state index in [9.17, 15) is 0 Å². The number of rotatable bonds is 6. The van der Waals surface area contributed by atoms with Crippen LogP contribution < -0.4 is 11.3 Å². The third kappa shape index (κ3) is 3.20. The number of nitrogens with zero attached hydrogens (tertiary/aromatic N) is 4. The summed E-state index contributed by atoms with van der Waals surface area (Å²) in [4.78, 5) is 0. The smallest absolute Gasteiger partial charge is 0.0738 e. The summed E-state index contributed by atoms with van der Waals surface area (Å²) < 4.78 is 4.92. The molecule has 0 fully saturated rings. The normalized spacial score (nSPS) is 12.9. The van der Waals surface area contributed by atoms with Crippen LogP contribution in [0, 0.1) is 6.92 Å². The fourth-order valence-electron chi connectivity index (χ4n) is 2.63. The Bertz CT molecular complexity index is 615. The molecular formula is C14H23BrN6. The molecule has 2 heterocycles. The van der Waals surface area contributed by atoms with Crippen LogP contribution in [0.5, 0.6) is 0 Å². The Hall–Kier alpha value is -1.18. The van der Waals surface area contributed by atoms with Gasteiger partial charge >= 0.3 is 0 Å². The van der Waals surface area contributed by atoms with Crippen LogP contribution in [0.2, 0.25) is 0 Å². The lowest BCUT2D eigenvalue weighted by Gasteiger charge is -2.17. The molecule has 2 rings (SSSR count). The van der Waals surface area contributed by atoms with E-state index in [-0.39, 0.29) is 6.04 Å². The van der Waals surface area contributed by atoms with Gasteiger partial charge in [-0.25, -0.2) is 0 Å². The molecule has 0 aliphatic carbocycles. The van der Waals surface area contributed by atoms with E-state index in [1.165, 1.54) is 0 Å². The summed E-state index contributed by atoms with van der Waals surface area (Å²) in [5, 5.41) is 9.03. The first kappa shape index (κ1) is 16.2. The Balaban J connectivity index is 2.35. The van der Waals surface area contributed by atoms with Gasteiger partial charge in [0.2, 0.25) is 0 Å². The molecule has 0 aliphatic heterocycles. The number of aromatic nitrogens is 4. The maximum Gasteiger partial charge on any atom is 0.0738 e. The standard InChI is InChI=1S/C14H23BrN6/c1-5-11-10(8-20(4)19-11)12(17-16)7-13-14(15)9(3)18-21(13)6-2/h8,12,17H,5-7,16H2,1-4H3. The predicted octanol–water partition coefficient (Wildman–Crippen LogP) is 2.02. The van der Waals surface area contributed by atoms with Gasteiger partial charge in [0.05, 0.1) is 27.6 Å². The molecule has 0 bridgehead atoms. The van der Waals surface area contributed by atoms with E-state index < -0.39 is 0 Å². The molecule has 0 spiro atoms. The molecule has 7 heteroatoms. The summed E-state index contributed by atoms with van der Waals surface area (Å²) in [5.41, 5.74) is 7.32. The lowest BCUT2D eigenvalue weighted by molar-refractivity contribution is 0.513. The van der Waals surface area contributed by atoms with Gasteiger partial charge in [-0.1, -0.05) is 6.92 Å². The highest BCUT2D eigenvalue weighted by atomic mass is 79.9. The molecule has 3 N–H and O–H groups in total. The van der Waals surface area contributed by atoms with Gasteiger partial charge in [0, 0.05) is 31.8 Å². The van der Waals surface area contributed by atoms with Gasteiger partial charge in [-0.2, -0.15) is 10.2 Å². The Kier molecular flexibility index (Phi) is 5.18. The van der Waals surface area contributed by atoms with Crippen LogP contribution in [0.15, 0.2) is 10.7 Å². The Morgan fingerprint density at radius 2 is 2.10 bits per heavy atom. The van der Waals surface area contributed by atoms with Crippen molar-refractivity contribution < 1.29 is 0 Å². The van der Waals surface area contributed by atoms with E-state index in [4.69, 9.17) is 5.84 Å². The SMILES string of the molecule is CCc1nn(C)cc1C(Cc1c(Br)c(C)nn1CC)NN. The van der Waals surface area contributed by atoms with E-state index >= 15 is 0 Å². The third-order valence-corrected chi connectivity index (χ3v) is 4.73. The molecule has 2 aromatic heterocycles. The minimum absolute atomic E-state index is 0.0198. The molecule has 0 saturated carbocycles. The van der Waals surface area contributed by atoms with Crippen LogP contribution in [0.1, 0.15) is 42.5 Å². The maximum absolute atomic E-state index is 5.80. The van der Waals surface area contributed by atoms with Crippen LogP contribution in [-0.2, 0) is 26.4 Å². The Labute approximate surface area is 133 Å². The third-order valence-electron chi connectivity index (χ3n) is 3.70. The van der Waals surface area contributed by atoms with Gasteiger partial charge in [0.15, 0.2) is 0 Å². The second kappa shape index (κ2) is 6.72. The van der Waals surface area contributed by atoms with Crippen LogP contribution in [0.4, 0.5) is 0 Å². The van der Waals surface area contributed by atoms with Crippen molar-refractivity contribution in [2.45, 2.75) is 46.2 Å². The van der Waals surface area contributed by atoms with Crippen molar-refractivity contribution in [2.75, 3.05) is 0 Å². The summed E-state index contributed by atoms with van der Waals surface area (Å²) in [5.74, 6) is 5.80. The molecule has 1 atom stereocenters. The van der Waals surface area contributed by atoms with E-state index in [0.717, 1.165) is 46.5 Å². The second-order valence-corrected chi connectivity index (χ2v) is 5.94. The predicted molar refractivity (Wildman–Crippen MR) is 86.7 cm³/mol. The molecule has 0 amide bonds. The lowest BCUT2D eigenvalue weighted by Crippen LogP contribution is -2.30. The number of halogens is 1. The topological polar surface area (TPSA) is 73.7 Å². The van der Waals surface area contributed by atoms with Crippen molar-refractivity contribution in [3.8, 4) is 0 Å². The minimum atomic E-state index is 0.0198. The van der Waals surface area contributed by atoms with Gasteiger partial charge in [0.25, 0.3) is 0 Å². The molecule has 6 nitrogen and oxygen atoms in total. The Morgan fingerprint density at radius 3 is 2.67 bits per heavy atom. The van der Waals surface area contributed by atoms with Crippen LogP contribution in [-0.4, -0.2) is 19.6 Å². The highest BCUT2D eigenvalue weighted by molar-refractivity contribution is 9.10. The quantitative estimate of drug-likeness (QED) is 0.614. The molecule has 0 aromatic carbocycles. The molecule has 116 valence electrons. The van der Waals surface area contributed by atoms with E-state index in [2.05, 4.69) is 45.4 Å². The van der Waals surface area contributed by atoms with E-state index in [1.54, 1.807) is 0 Å². The van der Waals surface area contributed by atoms with Crippen molar-refractivity contribution in [3.05, 3.63) is 33.3 Å². The molecule has 0 radical (unpaired) electrons. The molecule has 21 heavy (non-hydrogen) atoms. The molecular weight excluding hydrogens is 332 g/mol. The summed E-state index contributed by atoms with van der Waals surface area (Å²) in [7, 11) is 1.94. The molecule has 0 aliphatic rings. The summed E-state index contributed by atoms with van der Waals surface area (Å²) in [6.07, 6.45) is 3.70. The van der Waals surface area contributed by atoms with E-state index in [0.29, 0.717) is 0 Å². The molecule has 1 unspecified atom stereocenters. The number of hydrogen-bond donors (Lipinski definition) is 2. The van der Waals surface area contributed by atoms with Crippen molar-refractivity contribution in [1.82, 2.24) is 25.0 Å². The van der Waals surface area contributed by atoms with E-state index in [1.807, 2.05) is 29.5 Å². The average Bonchev–Trinajstić information content (AvgIpc) is 2.98. The second-order valence-electron chi connectivity index (χ2n) is 5.14. The first-order valence-corrected chi connectivity index (χ1v) is 8.01. The summed E-state index contributed by atoms with van der Waals surface area (Å²) in [6, 6.07) is 0.0198. The molecule has 2 aromatic rings. The summed E-state index contributed by atoms with van der Waals surface area (Å²) in [6.45, 7) is 7.05. The highest BCUT2D eigenvalue weighted by Crippen LogP contribution is 2.27. The zero-order valence-electron chi connectivity index (χ0n) is 13.0. The van der Waals surface area contributed by atoms with Crippen LogP contribution in [0.25, 0.3) is 0 Å². The highest BCUT2D eigenvalue weighted by Gasteiger charge is 2.21. The van der Waals surface area contributed by atoms with Crippen molar-refractivity contribution >= 4 is 15.9 Å². The number of hydrazine groups is 1. The maximum atomic E-state index is 5.80. The number of hydrogen-bond acceptors (Lipinski definition) is 4. The largest absolute Gasteiger partial charge is 0.275 e. The first-order valence-electron chi connectivity index (χ1n) is 7.22. The monoisotopic (exact) mass is 354 g/mol. The average molecular weight is 355 g/mol. The van der Waals surface area contributed by atoms with Gasteiger partial charge in [-0.3, -0.25) is 20.6 Å². The Morgan fingerprint density at radius 1 is 1.38 bits per heavy atom. The number of aryl methyl sites for hydroxylation is 4. The first-order chi connectivity index (χ1) is 10.0. The van der Waals surface area contributed by atoms with Gasteiger partial charge < -0.3 is 0 Å². The van der Waals surface area contributed by atoms with Crippen molar-refractivity contribution in [2.24, 2.45) is 12.9 Å². The number of nitrogens with one attached hydrogen (secondary N) is 1.